The topological polar surface area (TPSA) is 57.5 Å². The normalized spacial score (nSPS) is 5.83. The van der Waals surface area contributed by atoms with Crippen molar-refractivity contribution in [1.29, 1.82) is 0 Å². The zero-order valence-corrected chi connectivity index (χ0v) is 7.02. The zero-order valence-electron chi connectivity index (χ0n) is 4.83. The quantitative estimate of drug-likeness (QED) is 0.381. The molecular formula is H5CaNiO3P. The van der Waals surface area contributed by atoms with E-state index in [1.165, 1.54) is 0 Å². The summed E-state index contributed by atoms with van der Waals surface area (Å²) in [7, 11) is -3.13. The Balaban J connectivity index is -0.00000000750. The molecule has 0 amide bonds. The summed E-state index contributed by atoms with van der Waals surface area (Å²) in [5.74, 6) is 0. The third-order valence-corrected chi connectivity index (χ3v) is 0. The molecule has 0 atom stereocenters. The molecule has 0 heterocycles. The van der Waals surface area contributed by atoms with Crippen LogP contribution in [0.4, 0.5) is 0 Å². The molecule has 6 heavy (non-hydrogen) atoms. The van der Waals surface area contributed by atoms with Gasteiger partial charge in [0.15, 0.2) is 0 Å². The molecule has 0 spiro atoms. The second-order valence-electron chi connectivity index (χ2n) is 0.283. The summed E-state index contributed by atoms with van der Waals surface area (Å²) in [6.07, 6.45) is 0. The Morgan fingerprint density at radius 2 is 1.50 bits per heavy atom. The van der Waals surface area contributed by atoms with Crippen LogP contribution in [0.2, 0.25) is 0 Å². The van der Waals surface area contributed by atoms with Crippen LogP contribution in [0.25, 0.3) is 0 Å². The number of hydrogen-bond acceptors (Lipinski definition) is 1. The molecule has 0 aliphatic heterocycles. The van der Waals surface area contributed by atoms with Gasteiger partial charge in [-0.15, -0.1) is 0 Å². The Bertz CT molecular complexity index is 40.3. The second-order valence-corrected chi connectivity index (χ2v) is 0.848. The molecule has 0 bridgehead atoms. The molecule has 0 aromatic heterocycles. The van der Waals surface area contributed by atoms with Crippen molar-refractivity contribution in [3.05, 3.63) is 0 Å². The van der Waals surface area contributed by atoms with E-state index < -0.39 is 8.25 Å². The third kappa shape index (κ3) is 39.2. The smallest absolute Gasteiger partial charge is 1.00 e. The SMILES string of the molecule is O=[PH](O)O.[Ca+2].[H-].[H-].[Ni]. The standard InChI is InChI=1S/Ca.Ni.H3O3P.2H/c;;1-4(2)3;;/h;;4H,(H2,1,2,3);;/q+2;;;2*-1. The summed E-state index contributed by atoms with van der Waals surface area (Å²) in [5.41, 5.74) is 0. The summed E-state index contributed by atoms with van der Waals surface area (Å²) in [4.78, 5) is 14.3. The van der Waals surface area contributed by atoms with E-state index in [0.717, 1.165) is 0 Å². The van der Waals surface area contributed by atoms with Crippen molar-refractivity contribution in [2.75, 3.05) is 0 Å². The monoisotopic (exact) mass is 182 g/mol. The molecule has 40 valence electrons. The fourth-order valence-electron chi connectivity index (χ4n) is 0. The predicted octanol–water partition coefficient (Wildman–Crippen LogP) is -0.798. The first-order valence-corrected chi connectivity index (χ1v) is 1.95. The Labute approximate surface area is 79.0 Å². The van der Waals surface area contributed by atoms with Gasteiger partial charge in [0.1, 0.15) is 0 Å². The van der Waals surface area contributed by atoms with Crippen LogP contribution < -0.4 is 0 Å². The van der Waals surface area contributed by atoms with Gasteiger partial charge < -0.3 is 12.6 Å². The van der Waals surface area contributed by atoms with E-state index in [4.69, 9.17) is 14.4 Å². The van der Waals surface area contributed by atoms with Crippen LogP contribution in [0.3, 0.4) is 0 Å². The van der Waals surface area contributed by atoms with Gasteiger partial charge in [-0.05, 0) is 0 Å². The Hall–Kier alpha value is 1.90. The van der Waals surface area contributed by atoms with E-state index in [-0.39, 0.29) is 57.1 Å². The maximum absolute atomic E-state index is 8.74. The Morgan fingerprint density at radius 3 is 1.50 bits per heavy atom. The van der Waals surface area contributed by atoms with Crippen molar-refractivity contribution < 1.29 is 33.7 Å². The van der Waals surface area contributed by atoms with E-state index in [1.54, 1.807) is 0 Å². The van der Waals surface area contributed by atoms with Crippen molar-refractivity contribution in [2.24, 2.45) is 0 Å². The van der Waals surface area contributed by atoms with Crippen LogP contribution in [0.1, 0.15) is 2.85 Å². The molecule has 0 radical (unpaired) electrons. The molecule has 0 fully saturated rings. The van der Waals surface area contributed by atoms with Crippen LogP contribution >= 0.6 is 8.25 Å². The molecule has 0 saturated carbocycles. The van der Waals surface area contributed by atoms with E-state index in [0.29, 0.717) is 0 Å². The first kappa shape index (κ1) is 15.7. The molecule has 6 heteroatoms. The largest absolute Gasteiger partial charge is 2.00 e. The average molecular weight is 183 g/mol. The van der Waals surface area contributed by atoms with Crippen molar-refractivity contribution >= 4 is 46.0 Å². The molecule has 0 rings (SSSR count). The fraction of sp³-hybridized carbons (Fsp3) is 0. The summed E-state index contributed by atoms with van der Waals surface area (Å²) in [6, 6.07) is 0. The Morgan fingerprint density at radius 1 is 1.50 bits per heavy atom. The summed E-state index contributed by atoms with van der Waals surface area (Å²) >= 11 is 0. The van der Waals surface area contributed by atoms with Crippen LogP contribution in [-0.4, -0.2) is 47.5 Å². The molecule has 0 aromatic carbocycles. The summed E-state index contributed by atoms with van der Waals surface area (Å²) in [5, 5.41) is 0. The van der Waals surface area contributed by atoms with Crippen LogP contribution in [0.5, 0.6) is 0 Å². The van der Waals surface area contributed by atoms with Gasteiger partial charge in [0.2, 0.25) is 0 Å². The predicted molar refractivity (Wildman–Crippen MR) is 21.4 cm³/mol. The van der Waals surface area contributed by atoms with E-state index in [9.17, 15) is 0 Å². The third-order valence-electron chi connectivity index (χ3n) is 0. The summed E-state index contributed by atoms with van der Waals surface area (Å²) < 4.78 is 8.74. The van der Waals surface area contributed by atoms with Gasteiger partial charge in [-0.25, -0.2) is 0 Å². The minimum Gasteiger partial charge on any atom is -1.00 e. The minimum atomic E-state index is -3.13. The number of rotatable bonds is 0. The van der Waals surface area contributed by atoms with E-state index >= 15 is 0 Å². The van der Waals surface area contributed by atoms with Crippen molar-refractivity contribution in [2.45, 2.75) is 0 Å². The molecule has 2 N–H and O–H groups in total. The van der Waals surface area contributed by atoms with Gasteiger partial charge in [0.25, 0.3) is 0 Å². The van der Waals surface area contributed by atoms with Gasteiger partial charge in [-0.2, -0.15) is 0 Å². The van der Waals surface area contributed by atoms with Gasteiger partial charge in [-0.3, -0.25) is 4.57 Å². The van der Waals surface area contributed by atoms with Crippen LogP contribution in [0, 0.1) is 0 Å². The molecule has 3 nitrogen and oxygen atoms in total. The van der Waals surface area contributed by atoms with Crippen molar-refractivity contribution in [3.63, 3.8) is 0 Å². The molecular weight excluding hydrogens is 178 g/mol. The fourth-order valence-corrected chi connectivity index (χ4v) is 0. The van der Waals surface area contributed by atoms with Crippen molar-refractivity contribution in [3.8, 4) is 0 Å². The van der Waals surface area contributed by atoms with E-state index in [1.807, 2.05) is 0 Å². The van der Waals surface area contributed by atoms with Crippen molar-refractivity contribution in [1.82, 2.24) is 0 Å². The Kier molecular flexibility index (Phi) is 26.1. The zero-order chi connectivity index (χ0) is 3.58. The maximum Gasteiger partial charge on any atom is 2.00 e. The summed E-state index contributed by atoms with van der Waals surface area (Å²) in [6.45, 7) is 0. The van der Waals surface area contributed by atoms with Crippen LogP contribution in [0.15, 0.2) is 0 Å². The van der Waals surface area contributed by atoms with Gasteiger partial charge >= 0.3 is 46.0 Å². The van der Waals surface area contributed by atoms with Gasteiger partial charge in [0, 0.05) is 16.5 Å². The first-order valence-electron chi connectivity index (χ1n) is 0.651. The van der Waals surface area contributed by atoms with Gasteiger partial charge in [-0.1, -0.05) is 0 Å². The second kappa shape index (κ2) is 10.0. The molecule has 0 aromatic rings. The first-order chi connectivity index (χ1) is 1.73. The maximum atomic E-state index is 8.74. The number of hydrogen-bond donors (Lipinski definition) is 2. The van der Waals surface area contributed by atoms with Crippen LogP contribution in [-0.2, 0) is 21.1 Å². The average Bonchev–Trinajstić information content (AvgIpc) is 0.811. The molecule has 0 aliphatic carbocycles. The van der Waals surface area contributed by atoms with E-state index in [2.05, 4.69) is 0 Å². The molecule has 0 unspecified atom stereocenters. The minimum absolute atomic E-state index is 0. The van der Waals surface area contributed by atoms with Gasteiger partial charge in [0.05, 0.1) is 0 Å². The molecule has 0 aliphatic rings. The molecule has 0 saturated heterocycles.